The lowest BCUT2D eigenvalue weighted by Gasteiger charge is -2.21. The van der Waals surface area contributed by atoms with Gasteiger partial charge in [0.15, 0.2) is 0 Å². The largest absolute Gasteiger partial charge is 0.299 e. The predicted octanol–water partition coefficient (Wildman–Crippen LogP) is 1.64. The molecule has 0 aliphatic carbocycles. The highest BCUT2D eigenvalue weighted by atomic mass is 17.1. The van der Waals surface area contributed by atoms with Crippen LogP contribution in [0.4, 0.5) is 0 Å². The Kier molecular flexibility index (Phi) is 5.22. The lowest BCUT2D eigenvalue weighted by Crippen LogP contribution is -2.28. The maximum Gasteiger partial charge on any atom is 0.141 e. The van der Waals surface area contributed by atoms with Crippen molar-refractivity contribution in [1.82, 2.24) is 5.39 Å². The van der Waals surface area contributed by atoms with Crippen LogP contribution in [0.1, 0.15) is 34.1 Å². The van der Waals surface area contributed by atoms with E-state index in [1.807, 2.05) is 20.8 Å². The summed E-state index contributed by atoms with van der Waals surface area (Å²) in [6, 6.07) is 0. The molecule has 0 saturated carbocycles. The normalized spacial score (nSPS) is 14.5. The molecule has 0 bridgehead atoms. The topological polar surface area (TPSA) is 70.0 Å². The van der Waals surface area contributed by atoms with Gasteiger partial charge in [0, 0.05) is 11.3 Å². The second-order valence-corrected chi connectivity index (χ2v) is 4.39. The van der Waals surface area contributed by atoms with Crippen molar-refractivity contribution in [1.29, 1.82) is 0 Å². The molecule has 14 heavy (non-hydrogen) atoms. The average molecular weight is 205 g/mol. The Hall–Kier alpha value is -0.490. The van der Waals surface area contributed by atoms with Crippen LogP contribution in [0, 0.1) is 11.3 Å². The maximum absolute atomic E-state index is 11.6. The van der Waals surface area contributed by atoms with Crippen molar-refractivity contribution in [3.63, 3.8) is 0 Å². The Morgan fingerprint density at radius 2 is 1.93 bits per heavy atom. The van der Waals surface area contributed by atoms with Crippen LogP contribution in [0.2, 0.25) is 0 Å². The number of Topliss-reactive ketones (excluding diaryl/α,β-unsaturated/α-hetero) is 1. The fraction of sp³-hybridized carbons (Fsp3) is 0.889. The minimum absolute atomic E-state index is 0.107. The number of rotatable bonds is 5. The Morgan fingerprint density at radius 1 is 1.43 bits per heavy atom. The van der Waals surface area contributed by atoms with Gasteiger partial charge in [-0.05, 0) is 6.42 Å². The van der Waals surface area contributed by atoms with Crippen molar-refractivity contribution in [2.45, 2.75) is 34.1 Å². The summed E-state index contributed by atoms with van der Waals surface area (Å²) in [5.74, 6) is -0.00141. The van der Waals surface area contributed by atoms with Crippen LogP contribution in [-0.4, -0.2) is 28.2 Å². The molecule has 0 aliphatic heterocycles. The van der Waals surface area contributed by atoms with E-state index in [9.17, 15) is 4.79 Å². The van der Waals surface area contributed by atoms with Crippen LogP contribution >= 0.6 is 0 Å². The monoisotopic (exact) mass is 205 g/mol. The third-order valence-corrected chi connectivity index (χ3v) is 1.94. The van der Waals surface area contributed by atoms with Crippen molar-refractivity contribution in [2.24, 2.45) is 11.3 Å². The highest BCUT2D eigenvalue weighted by Gasteiger charge is 2.26. The fourth-order valence-electron chi connectivity index (χ4n) is 1.18. The number of hydrogen-bond acceptors (Lipinski definition) is 5. The zero-order valence-electron chi connectivity index (χ0n) is 9.15. The van der Waals surface area contributed by atoms with Gasteiger partial charge in [-0.1, -0.05) is 27.7 Å². The highest BCUT2D eigenvalue weighted by molar-refractivity contribution is 5.85. The molecule has 0 fully saturated rings. The Balaban J connectivity index is 3.86. The summed E-state index contributed by atoms with van der Waals surface area (Å²) in [7, 11) is 0. The van der Waals surface area contributed by atoms with E-state index in [0.29, 0.717) is 6.42 Å². The van der Waals surface area contributed by atoms with Gasteiger partial charge in [0.1, 0.15) is 5.78 Å². The molecule has 0 aromatic carbocycles. The van der Waals surface area contributed by atoms with Crippen LogP contribution in [0.5, 0.6) is 0 Å². The van der Waals surface area contributed by atoms with E-state index in [-0.39, 0.29) is 29.1 Å². The van der Waals surface area contributed by atoms with Gasteiger partial charge < -0.3 is 0 Å². The molecule has 0 radical (unpaired) electrons. The van der Waals surface area contributed by atoms with E-state index in [1.54, 1.807) is 6.92 Å². The van der Waals surface area contributed by atoms with Crippen LogP contribution in [-0.2, 0) is 9.63 Å². The third kappa shape index (κ3) is 5.29. The summed E-state index contributed by atoms with van der Waals surface area (Å²) in [6.07, 6.45) is 0.466. The Bertz CT molecular complexity index is 186. The van der Waals surface area contributed by atoms with E-state index in [0.717, 1.165) is 0 Å². The number of nitrogens with zero attached hydrogens (tertiary/aromatic N) is 1. The summed E-state index contributed by atoms with van der Waals surface area (Å²) < 4.78 is 0. The lowest BCUT2D eigenvalue weighted by atomic mass is 9.83. The average Bonchev–Trinajstić information content (AvgIpc) is 2.00. The molecule has 5 heteroatoms. The first-order valence-corrected chi connectivity index (χ1v) is 4.60. The number of carbonyl (C=O) groups is 1. The first-order valence-electron chi connectivity index (χ1n) is 4.60. The molecular weight excluding hydrogens is 186 g/mol. The van der Waals surface area contributed by atoms with Crippen molar-refractivity contribution in [3.05, 3.63) is 0 Å². The van der Waals surface area contributed by atoms with E-state index < -0.39 is 0 Å². The maximum atomic E-state index is 11.6. The molecule has 1 atom stereocenters. The van der Waals surface area contributed by atoms with E-state index >= 15 is 0 Å². The van der Waals surface area contributed by atoms with Gasteiger partial charge in [0.05, 0.1) is 12.0 Å². The van der Waals surface area contributed by atoms with Crippen LogP contribution in [0.15, 0.2) is 0 Å². The quantitative estimate of drug-likeness (QED) is 0.668. The molecule has 0 amide bonds. The van der Waals surface area contributed by atoms with E-state index in [4.69, 9.17) is 10.4 Å². The molecule has 1 unspecified atom stereocenters. The van der Waals surface area contributed by atoms with Gasteiger partial charge in [-0.3, -0.25) is 20.0 Å². The van der Waals surface area contributed by atoms with Crippen LogP contribution in [0.3, 0.4) is 0 Å². The third-order valence-electron chi connectivity index (χ3n) is 1.94. The summed E-state index contributed by atoms with van der Waals surface area (Å²) in [6.45, 7) is 7.48. The van der Waals surface area contributed by atoms with Gasteiger partial charge in [-0.2, -0.15) is 0 Å². The van der Waals surface area contributed by atoms with Gasteiger partial charge in [-0.25, -0.2) is 0 Å². The summed E-state index contributed by atoms with van der Waals surface area (Å²) in [5.41, 5.74) is -0.364. The summed E-state index contributed by atoms with van der Waals surface area (Å²) in [5, 5.41) is 16.2. The lowest BCUT2D eigenvalue weighted by molar-refractivity contribution is -0.492. The molecule has 84 valence electrons. The first-order chi connectivity index (χ1) is 6.25. The van der Waals surface area contributed by atoms with Gasteiger partial charge in [0.2, 0.25) is 0 Å². The Morgan fingerprint density at radius 3 is 2.29 bits per heavy atom. The summed E-state index contributed by atoms with van der Waals surface area (Å²) in [4.78, 5) is 16.0. The summed E-state index contributed by atoms with van der Waals surface area (Å²) >= 11 is 0. The van der Waals surface area contributed by atoms with E-state index in [1.165, 1.54) is 0 Å². The molecule has 0 aliphatic rings. The molecule has 2 N–H and O–H groups in total. The van der Waals surface area contributed by atoms with E-state index in [2.05, 4.69) is 4.84 Å². The minimum Gasteiger partial charge on any atom is -0.299 e. The van der Waals surface area contributed by atoms with Crippen molar-refractivity contribution < 1.29 is 20.0 Å². The standard InChI is InChI=1S/C9H19NO4/c1-7(5-6-14-10(12)13)8(11)9(2,3)4/h7,12-13H,5-6H2,1-4H3. The number of carbonyl (C=O) groups excluding carboxylic acids is 1. The number of hydrogen-bond donors (Lipinski definition) is 2. The minimum atomic E-state index is -0.364. The van der Waals surface area contributed by atoms with Crippen LogP contribution < -0.4 is 0 Å². The molecule has 0 heterocycles. The molecule has 0 saturated heterocycles. The zero-order valence-corrected chi connectivity index (χ0v) is 9.15. The van der Waals surface area contributed by atoms with Crippen molar-refractivity contribution in [3.8, 4) is 0 Å². The smallest absolute Gasteiger partial charge is 0.141 e. The highest BCUT2D eigenvalue weighted by Crippen LogP contribution is 2.21. The second-order valence-electron chi connectivity index (χ2n) is 4.39. The SMILES string of the molecule is CC(CCON(O)O)C(=O)C(C)(C)C. The molecule has 5 nitrogen and oxygen atoms in total. The Labute approximate surface area is 84.1 Å². The van der Waals surface area contributed by atoms with Gasteiger partial charge in [0.25, 0.3) is 0 Å². The molecule has 0 aromatic rings. The predicted molar refractivity (Wildman–Crippen MR) is 49.6 cm³/mol. The number of ketones is 1. The van der Waals surface area contributed by atoms with Crippen LogP contribution in [0.25, 0.3) is 0 Å². The van der Waals surface area contributed by atoms with Crippen molar-refractivity contribution in [2.75, 3.05) is 6.61 Å². The van der Waals surface area contributed by atoms with Gasteiger partial charge in [-0.15, -0.1) is 0 Å². The molecule has 0 rings (SSSR count). The second kappa shape index (κ2) is 5.41. The molecular formula is C9H19NO4. The first kappa shape index (κ1) is 13.5. The van der Waals surface area contributed by atoms with Gasteiger partial charge >= 0.3 is 0 Å². The zero-order chi connectivity index (χ0) is 11.4. The fourth-order valence-corrected chi connectivity index (χ4v) is 1.18. The molecule has 0 aromatic heterocycles. The molecule has 0 spiro atoms. The van der Waals surface area contributed by atoms with Crippen molar-refractivity contribution >= 4 is 5.78 Å².